The lowest BCUT2D eigenvalue weighted by molar-refractivity contribution is 0.0986. The minimum atomic E-state index is -0.0167. The van der Waals surface area contributed by atoms with Crippen molar-refractivity contribution >= 4 is 68.4 Å². The fourth-order valence-electron chi connectivity index (χ4n) is 2.85. The van der Waals surface area contributed by atoms with E-state index in [1.807, 2.05) is 56.6 Å². The third kappa shape index (κ3) is 6.33. The zero-order valence-corrected chi connectivity index (χ0v) is 19.9. The van der Waals surface area contributed by atoms with Gasteiger partial charge in [-0.05, 0) is 75.3 Å². The maximum absolute atomic E-state index is 13.3. The molecule has 0 saturated heterocycles. The minimum absolute atomic E-state index is 0. The molecular formula is C21H25Cl2N3OS2. The Labute approximate surface area is 191 Å². The fourth-order valence-corrected chi connectivity index (χ4v) is 4.77. The summed E-state index contributed by atoms with van der Waals surface area (Å²) in [5.41, 5.74) is 1.55. The Kier molecular flexibility index (Phi) is 9.24. The minimum Gasteiger partial charge on any atom is -0.309 e. The van der Waals surface area contributed by atoms with E-state index < -0.39 is 0 Å². The van der Waals surface area contributed by atoms with Crippen molar-refractivity contribution < 1.29 is 4.79 Å². The molecule has 0 atom stereocenters. The highest BCUT2D eigenvalue weighted by Crippen LogP contribution is 2.32. The second kappa shape index (κ2) is 11.2. The van der Waals surface area contributed by atoms with Crippen LogP contribution >= 0.6 is 47.1 Å². The number of hydrogen-bond donors (Lipinski definition) is 0. The van der Waals surface area contributed by atoms with Crippen LogP contribution in [0.5, 0.6) is 0 Å². The Balaban J connectivity index is 0.00000300. The molecule has 0 radical (unpaired) electrons. The lowest BCUT2D eigenvalue weighted by Gasteiger charge is -2.21. The van der Waals surface area contributed by atoms with Gasteiger partial charge in [-0.25, -0.2) is 4.98 Å². The van der Waals surface area contributed by atoms with Crippen molar-refractivity contribution in [3.63, 3.8) is 0 Å². The molecule has 0 aliphatic rings. The Morgan fingerprint density at radius 2 is 1.86 bits per heavy atom. The van der Waals surface area contributed by atoms with Crippen LogP contribution in [-0.2, 0) is 0 Å². The quantitative estimate of drug-likeness (QED) is 0.374. The standard InChI is InChI=1S/C21H24ClN3OS2.ClH/c1-4-27-17-9-6-15(7-10-17)20(26)25(13-5-12-24(2)3)21-23-18-11-8-16(22)14-19(18)28-21;/h6-11,14H,4-5,12-13H2,1-3H3;1H. The zero-order valence-electron chi connectivity index (χ0n) is 16.7. The molecule has 1 aromatic heterocycles. The number of nitrogens with zero attached hydrogens (tertiary/aromatic N) is 3. The second-order valence-electron chi connectivity index (χ2n) is 6.68. The average molecular weight is 470 g/mol. The molecule has 0 aliphatic heterocycles. The van der Waals surface area contributed by atoms with Crippen LogP contribution in [0.25, 0.3) is 10.2 Å². The zero-order chi connectivity index (χ0) is 20.1. The Bertz CT molecular complexity index is 945. The number of rotatable bonds is 8. The topological polar surface area (TPSA) is 36.4 Å². The van der Waals surface area contributed by atoms with Gasteiger partial charge in [0.1, 0.15) is 0 Å². The van der Waals surface area contributed by atoms with Gasteiger partial charge in [-0.3, -0.25) is 9.69 Å². The molecule has 1 heterocycles. The molecule has 156 valence electrons. The predicted octanol–water partition coefficient (Wildman–Crippen LogP) is 6.08. The van der Waals surface area contributed by atoms with Crippen LogP contribution in [0.4, 0.5) is 5.13 Å². The first-order valence-corrected chi connectivity index (χ1v) is 11.4. The number of amides is 1. The van der Waals surface area contributed by atoms with Gasteiger partial charge in [-0.15, -0.1) is 24.2 Å². The second-order valence-corrected chi connectivity index (χ2v) is 9.46. The maximum atomic E-state index is 13.3. The largest absolute Gasteiger partial charge is 0.309 e. The van der Waals surface area contributed by atoms with E-state index in [4.69, 9.17) is 16.6 Å². The van der Waals surface area contributed by atoms with E-state index in [-0.39, 0.29) is 18.3 Å². The molecule has 3 rings (SSSR count). The highest BCUT2D eigenvalue weighted by atomic mass is 35.5. The van der Waals surface area contributed by atoms with Crippen molar-refractivity contribution in [2.24, 2.45) is 0 Å². The van der Waals surface area contributed by atoms with Crippen LogP contribution in [-0.4, -0.2) is 48.7 Å². The smallest absolute Gasteiger partial charge is 0.260 e. The summed E-state index contributed by atoms with van der Waals surface area (Å²) in [4.78, 5) is 23.1. The molecule has 0 aliphatic carbocycles. The summed E-state index contributed by atoms with van der Waals surface area (Å²) in [6.45, 7) is 3.65. The molecule has 4 nitrogen and oxygen atoms in total. The van der Waals surface area contributed by atoms with Crippen LogP contribution in [0.15, 0.2) is 47.4 Å². The third-order valence-electron chi connectivity index (χ3n) is 4.21. The SMILES string of the molecule is CCSc1ccc(C(=O)N(CCCN(C)C)c2nc3ccc(Cl)cc3s2)cc1.Cl. The van der Waals surface area contributed by atoms with Crippen molar-refractivity contribution in [1.82, 2.24) is 9.88 Å². The molecular weight excluding hydrogens is 445 g/mol. The fraction of sp³-hybridized carbons (Fsp3) is 0.333. The number of hydrogen-bond acceptors (Lipinski definition) is 5. The predicted molar refractivity (Wildman–Crippen MR) is 130 cm³/mol. The van der Waals surface area contributed by atoms with Gasteiger partial charge in [0.05, 0.1) is 10.2 Å². The van der Waals surface area contributed by atoms with Crippen molar-refractivity contribution in [1.29, 1.82) is 0 Å². The molecule has 0 spiro atoms. The van der Waals surface area contributed by atoms with Crippen LogP contribution in [0.1, 0.15) is 23.7 Å². The molecule has 1 amide bonds. The molecule has 0 fully saturated rings. The third-order valence-corrected chi connectivity index (χ3v) is 6.38. The first-order valence-electron chi connectivity index (χ1n) is 9.23. The maximum Gasteiger partial charge on any atom is 0.260 e. The van der Waals surface area contributed by atoms with Gasteiger partial charge >= 0.3 is 0 Å². The van der Waals surface area contributed by atoms with Crippen LogP contribution in [0.3, 0.4) is 0 Å². The van der Waals surface area contributed by atoms with E-state index in [9.17, 15) is 4.79 Å². The van der Waals surface area contributed by atoms with Crippen molar-refractivity contribution in [3.05, 3.63) is 53.1 Å². The van der Waals surface area contributed by atoms with E-state index in [0.717, 1.165) is 28.9 Å². The normalized spacial score (nSPS) is 10.9. The van der Waals surface area contributed by atoms with Gasteiger partial charge in [0.25, 0.3) is 5.91 Å². The van der Waals surface area contributed by atoms with Crippen molar-refractivity contribution in [3.8, 4) is 0 Å². The highest BCUT2D eigenvalue weighted by molar-refractivity contribution is 7.99. The number of fused-ring (bicyclic) bond motifs is 1. The summed E-state index contributed by atoms with van der Waals surface area (Å²) in [6, 6.07) is 13.5. The lowest BCUT2D eigenvalue weighted by Crippen LogP contribution is -2.33. The number of thiazole rings is 1. The molecule has 29 heavy (non-hydrogen) atoms. The summed E-state index contributed by atoms with van der Waals surface area (Å²) in [5, 5.41) is 1.39. The summed E-state index contributed by atoms with van der Waals surface area (Å²) in [6.07, 6.45) is 0.874. The first kappa shape index (κ1) is 24.0. The van der Waals surface area contributed by atoms with Gasteiger partial charge in [-0.2, -0.15) is 0 Å². The summed E-state index contributed by atoms with van der Waals surface area (Å²) in [5.74, 6) is 0.995. The Morgan fingerprint density at radius 3 is 2.52 bits per heavy atom. The number of aromatic nitrogens is 1. The first-order chi connectivity index (χ1) is 13.5. The van der Waals surface area contributed by atoms with E-state index in [1.54, 1.807) is 16.7 Å². The van der Waals surface area contributed by atoms with Gasteiger partial charge in [0.2, 0.25) is 0 Å². The lowest BCUT2D eigenvalue weighted by atomic mass is 10.2. The Morgan fingerprint density at radius 1 is 1.14 bits per heavy atom. The number of halogens is 2. The number of benzene rings is 2. The average Bonchev–Trinajstić information content (AvgIpc) is 3.08. The molecule has 0 bridgehead atoms. The van der Waals surface area contributed by atoms with Crippen molar-refractivity contribution in [2.75, 3.05) is 37.8 Å². The molecule has 0 N–H and O–H groups in total. The summed E-state index contributed by atoms with van der Waals surface area (Å²) < 4.78 is 0.989. The van der Waals surface area contributed by atoms with E-state index in [1.165, 1.54) is 16.2 Å². The van der Waals surface area contributed by atoms with Crippen LogP contribution in [0, 0.1) is 0 Å². The monoisotopic (exact) mass is 469 g/mol. The van der Waals surface area contributed by atoms with Gasteiger partial charge < -0.3 is 4.90 Å². The van der Waals surface area contributed by atoms with E-state index in [0.29, 0.717) is 22.3 Å². The van der Waals surface area contributed by atoms with Crippen LogP contribution in [0.2, 0.25) is 5.02 Å². The number of carbonyl (C=O) groups is 1. The van der Waals surface area contributed by atoms with Gasteiger partial charge in [0, 0.05) is 22.0 Å². The van der Waals surface area contributed by atoms with Crippen molar-refractivity contribution in [2.45, 2.75) is 18.2 Å². The number of anilines is 1. The van der Waals surface area contributed by atoms with E-state index >= 15 is 0 Å². The molecule has 0 unspecified atom stereocenters. The summed E-state index contributed by atoms with van der Waals surface area (Å²) in [7, 11) is 4.08. The molecule has 8 heteroatoms. The number of thioether (sulfide) groups is 1. The number of carbonyl (C=O) groups excluding carboxylic acids is 1. The molecule has 0 saturated carbocycles. The summed E-state index contributed by atoms with van der Waals surface area (Å²) >= 11 is 9.39. The van der Waals surface area contributed by atoms with E-state index in [2.05, 4.69) is 11.8 Å². The van der Waals surface area contributed by atoms with Crippen LogP contribution < -0.4 is 4.90 Å². The van der Waals surface area contributed by atoms with Gasteiger partial charge in [-0.1, -0.05) is 29.9 Å². The molecule has 2 aromatic carbocycles. The highest BCUT2D eigenvalue weighted by Gasteiger charge is 2.21. The van der Waals surface area contributed by atoms with Gasteiger partial charge in [0.15, 0.2) is 5.13 Å². The Hall–Kier alpha value is -1.31. The molecule has 3 aromatic rings.